The molecule has 0 aromatic heterocycles. The van der Waals surface area contributed by atoms with Crippen LogP contribution in [0.2, 0.25) is 0 Å². The van der Waals surface area contributed by atoms with Crippen molar-refractivity contribution < 1.29 is 14.6 Å². The summed E-state index contributed by atoms with van der Waals surface area (Å²) in [6.45, 7) is 4.63. The lowest BCUT2D eigenvalue weighted by Crippen LogP contribution is -2.15. The minimum absolute atomic E-state index is 0.0177. The maximum atomic E-state index is 11.3. The van der Waals surface area contributed by atoms with E-state index in [0.717, 1.165) is 25.7 Å². The normalized spacial score (nSPS) is 12.5. The molecule has 0 saturated heterocycles. The zero-order valence-corrected chi connectivity index (χ0v) is 9.29. The van der Waals surface area contributed by atoms with E-state index >= 15 is 0 Å². The summed E-state index contributed by atoms with van der Waals surface area (Å²) in [4.78, 5) is 11.3. The molecule has 3 heteroatoms. The smallest absolute Gasteiger partial charge is 0.308 e. The molecule has 84 valence electrons. The summed E-state index contributed by atoms with van der Waals surface area (Å²) in [5.74, 6) is -0.0829. The van der Waals surface area contributed by atoms with Crippen LogP contribution in [0.15, 0.2) is 0 Å². The SMILES string of the molecule is CCCCC(C)C(=O)OCCCCO. The van der Waals surface area contributed by atoms with Gasteiger partial charge in [0, 0.05) is 6.61 Å². The number of hydrogen-bond acceptors (Lipinski definition) is 3. The predicted octanol–water partition coefficient (Wildman–Crippen LogP) is 2.13. The monoisotopic (exact) mass is 202 g/mol. The molecule has 1 unspecified atom stereocenters. The summed E-state index contributed by atoms with van der Waals surface area (Å²) in [5, 5.41) is 8.52. The molecule has 0 aliphatic rings. The van der Waals surface area contributed by atoms with Crippen LogP contribution in [0.3, 0.4) is 0 Å². The van der Waals surface area contributed by atoms with Crippen molar-refractivity contribution in [2.45, 2.75) is 46.0 Å². The van der Waals surface area contributed by atoms with Crippen LogP contribution in [-0.4, -0.2) is 24.3 Å². The van der Waals surface area contributed by atoms with Crippen molar-refractivity contribution >= 4 is 5.97 Å². The molecule has 0 aliphatic carbocycles. The Balaban J connectivity index is 3.42. The van der Waals surface area contributed by atoms with Gasteiger partial charge in [0.25, 0.3) is 0 Å². The van der Waals surface area contributed by atoms with E-state index in [2.05, 4.69) is 6.92 Å². The van der Waals surface area contributed by atoms with Crippen LogP contribution in [0.4, 0.5) is 0 Å². The molecule has 0 radical (unpaired) electrons. The minimum Gasteiger partial charge on any atom is -0.465 e. The Morgan fingerprint density at radius 1 is 1.36 bits per heavy atom. The third-order valence-electron chi connectivity index (χ3n) is 2.19. The van der Waals surface area contributed by atoms with Crippen LogP contribution in [0, 0.1) is 5.92 Å². The minimum atomic E-state index is -0.101. The van der Waals surface area contributed by atoms with Crippen molar-refractivity contribution in [3.05, 3.63) is 0 Å². The summed E-state index contributed by atoms with van der Waals surface area (Å²) in [6.07, 6.45) is 4.56. The molecule has 1 atom stereocenters. The van der Waals surface area contributed by atoms with Gasteiger partial charge >= 0.3 is 5.97 Å². The number of unbranched alkanes of at least 4 members (excludes halogenated alkanes) is 2. The first-order chi connectivity index (χ1) is 6.72. The number of carbonyl (C=O) groups is 1. The van der Waals surface area contributed by atoms with Crippen LogP contribution < -0.4 is 0 Å². The Labute approximate surface area is 86.5 Å². The molecule has 0 aliphatic heterocycles. The highest BCUT2D eigenvalue weighted by Gasteiger charge is 2.12. The Kier molecular flexibility index (Phi) is 8.64. The molecule has 0 amide bonds. The maximum absolute atomic E-state index is 11.3. The highest BCUT2D eigenvalue weighted by atomic mass is 16.5. The fourth-order valence-corrected chi connectivity index (χ4v) is 1.16. The van der Waals surface area contributed by atoms with Crippen LogP contribution in [-0.2, 0) is 9.53 Å². The van der Waals surface area contributed by atoms with E-state index in [-0.39, 0.29) is 18.5 Å². The highest BCUT2D eigenvalue weighted by Crippen LogP contribution is 2.09. The quantitative estimate of drug-likeness (QED) is 0.484. The predicted molar refractivity (Wildman–Crippen MR) is 56.0 cm³/mol. The van der Waals surface area contributed by atoms with E-state index < -0.39 is 0 Å². The number of aliphatic hydroxyl groups is 1. The molecule has 14 heavy (non-hydrogen) atoms. The Morgan fingerprint density at radius 3 is 2.64 bits per heavy atom. The molecule has 0 fully saturated rings. The van der Waals surface area contributed by atoms with Gasteiger partial charge in [-0.1, -0.05) is 26.7 Å². The summed E-state index contributed by atoms with van der Waals surface area (Å²) < 4.78 is 5.05. The summed E-state index contributed by atoms with van der Waals surface area (Å²) in [5.41, 5.74) is 0. The molecule has 0 aromatic rings. The first-order valence-corrected chi connectivity index (χ1v) is 5.49. The van der Waals surface area contributed by atoms with Gasteiger partial charge in [-0.25, -0.2) is 0 Å². The Morgan fingerprint density at radius 2 is 2.07 bits per heavy atom. The lowest BCUT2D eigenvalue weighted by atomic mass is 10.1. The Bertz CT molecular complexity index is 145. The average Bonchev–Trinajstić information content (AvgIpc) is 2.20. The van der Waals surface area contributed by atoms with E-state index in [0.29, 0.717) is 13.0 Å². The van der Waals surface area contributed by atoms with Crippen LogP contribution in [0.1, 0.15) is 46.0 Å². The molecule has 3 nitrogen and oxygen atoms in total. The first kappa shape index (κ1) is 13.4. The van der Waals surface area contributed by atoms with Gasteiger partial charge in [0.05, 0.1) is 12.5 Å². The molecule has 1 N–H and O–H groups in total. The molecule has 0 aromatic carbocycles. The van der Waals surface area contributed by atoms with Gasteiger partial charge in [-0.3, -0.25) is 4.79 Å². The lowest BCUT2D eigenvalue weighted by molar-refractivity contribution is -0.148. The number of rotatable bonds is 8. The van der Waals surface area contributed by atoms with Gasteiger partial charge < -0.3 is 9.84 Å². The van der Waals surface area contributed by atoms with Gasteiger partial charge in [-0.2, -0.15) is 0 Å². The van der Waals surface area contributed by atoms with Gasteiger partial charge in [0.1, 0.15) is 0 Å². The lowest BCUT2D eigenvalue weighted by Gasteiger charge is -2.10. The van der Waals surface area contributed by atoms with Crippen molar-refractivity contribution in [3.8, 4) is 0 Å². The van der Waals surface area contributed by atoms with E-state index in [9.17, 15) is 4.79 Å². The van der Waals surface area contributed by atoms with E-state index in [1.54, 1.807) is 0 Å². The van der Waals surface area contributed by atoms with Gasteiger partial charge in [0.2, 0.25) is 0 Å². The van der Waals surface area contributed by atoms with Gasteiger partial charge in [-0.05, 0) is 19.3 Å². The van der Waals surface area contributed by atoms with Crippen LogP contribution >= 0.6 is 0 Å². The second kappa shape index (κ2) is 9.00. The average molecular weight is 202 g/mol. The van der Waals surface area contributed by atoms with Crippen molar-refractivity contribution in [1.29, 1.82) is 0 Å². The van der Waals surface area contributed by atoms with E-state index in [1.807, 2.05) is 6.92 Å². The van der Waals surface area contributed by atoms with Crippen molar-refractivity contribution in [2.75, 3.05) is 13.2 Å². The molecule has 0 rings (SSSR count). The second-order valence-electron chi connectivity index (χ2n) is 3.64. The maximum Gasteiger partial charge on any atom is 0.308 e. The van der Waals surface area contributed by atoms with Gasteiger partial charge in [-0.15, -0.1) is 0 Å². The molecule has 0 saturated carbocycles. The largest absolute Gasteiger partial charge is 0.465 e. The third-order valence-corrected chi connectivity index (χ3v) is 2.19. The second-order valence-corrected chi connectivity index (χ2v) is 3.64. The fraction of sp³-hybridized carbons (Fsp3) is 0.909. The topological polar surface area (TPSA) is 46.5 Å². The van der Waals surface area contributed by atoms with Gasteiger partial charge in [0.15, 0.2) is 0 Å². The number of carbonyl (C=O) groups excluding carboxylic acids is 1. The molecule has 0 heterocycles. The Hall–Kier alpha value is -0.570. The standard InChI is InChI=1S/C11H22O3/c1-3-4-7-10(2)11(13)14-9-6-5-8-12/h10,12H,3-9H2,1-2H3. The van der Waals surface area contributed by atoms with Crippen LogP contribution in [0.5, 0.6) is 0 Å². The number of esters is 1. The third kappa shape index (κ3) is 6.89. The summed E-state index contributed by atoms with van der Waals surface area (Å²) >= 11 is 0. The number of ether oxygens (including phenoxy) is 1. The van der Waals surface area contributed by atoms with Crippen molar-refractivity contribution in [1.82, 2.24) is 0 Å². The number of aliphatic hydroxyl groups excluding tert-OH is 1. The van der Waals surface area contributed by atoms with Crippen molar-refractivity contribution in [3.63, 3.8) is 0 Å². The first-order valence-electron chi connectivity index (χ1n) is 5.49. The molecular weight excluding hydrogens is 180 g/mol. The molecular formula is C11H22O3. The zero-order chi connectivity index (χ0) is 10.8. The van der Waals surface area contributed by atoms with E-state index in [1.165, 1.54) is 0 Å². The van der Waals surface area contributed by atoms with E-state index in [4.69, 9.17) is 9.84 Å². The summed E-state index contributed by atoms with van der Waals surface area (Å²) in [6, 6.07) is 0. The summed E-state index contributed by atoms with van der Waals surface area (Å²) in [7, 11) is 0. The zero-order valence-electron chi connectivity index (χ0n) is 9.29. The molecule has 0 bridgehead atoms. The molecule has 0 spiro atoms. The number of hydrogen-bond donors (Lipinski definition) is 1. The highest BCUT2D eigenvalue weighted by molar-refractivity contribution is 5.71. The van der Waals surface area contributed by atoms with Crippen molar-refractivity contribution in [2.24, 2.45) is 5.92 Å². The fourth-order valence-electron chi connectivity index (χ4n) is 1.16. The van der Waals surface area contributed by atoms with Crippen LogP contribution in [0.25, 0.3) is 0 Å².